The van der Waals surface area contributed by atoms with E-state index in [1.165, 1.54) is 0 Å². The van der Waals surface area contributed by atoms with Crippen molar-refractivity contribution in [3.63, 3.8) is 0 Å². The highest BCUT2D eigenvalue weighted by atomic mass is 28.4. The van der Waals surface area contributed by atoms with Gasteiger partial charge in [-0.3, -0.25) is 4.79 Å². The molecule has 0 aliphatic rings. The van der Waals surface area contributed by atoms with Crippen LogP contribution in [0.25, 0.3) is 10.8 Å². The first-order valence-electron chi connectivity index (χ1n) is 9.18. The predicted molar refractivity (Wildman–Crippen MR) is 111 cm³/mol. The van der Waals surface area contributed by atoms with E-state index in [1.54, 1.807) is 12.1 Å². The smallest absolute Gasteiger partial charge is 0.326 e. The number of aliphatic carboxylic acids is 1. The first kappa shape index (κ1) is 21.1. The monoisotopic (exact) mass is 387 g/mol. The fourth-order valence-corrected chi connectivity index (χ4v) is 3.63. The Bertz CT molecular complexity index is 821. The molecule has 0 saturated heterocycles. The van der Waals surface area contributed by atoms with Crippen molar-refractivity contribution in [1.29, 1.82) is 0 Å². The number of carboxylic acid groups (broad SMARTS) is 1. The number of fused-ring (bicyclic) bond motifs is 1. The Hall–Kier alpha value is -2.18. The minimum absolute atomic E-state index is 0.0535. The van der Waals surface area contributed by atoms with Gasteiger partial charge in [-0.2, -0.15) is 0 Å². The second-order valence-corrected chi connectivity index (χ2v) is 13.1. The molecule has 0 aliphatic heterocycles. The van der Waals surface area contributed by atoms with E-state index in [1.807, 2.05) is 30.3 Å². The van der Waals surface area contributed by atoms with Gasteiger partial charge >= 0.3 is 5.97 Å². The highest BCUT2D eigenvalue weighted by molar-refractivity contribution is 6.74. The lowest BCUT2D eigenvalue weighted by molar-refractivity contribution is -0.139. The largest absolute Gasteiger partial charge is 0.480 e. The Balaban J connectivity index is 2.07. The molecular weight excluding hydrogens is 358 g/mol. The van der Waals surface area contributed by atoms with E-state index in [0.717, 1.165) is 10.8 Å². The van der Waals surface area contributed by atoms with Crippen LogP contribution in [0.2, 0.25) is 18.1 Å². The highest BCUT2D eigenvalue weighted by Crippen LogP contribution is 2.36. The number of carbonyl (C=O) groups is 2. The minimum atomic E-state index is -1.95. The molecule has 0 heterocycles. The van der Waals surface area contributed by atoms with Crippen molar-refractivity contribution in [3.05, 3.63) is 48.0 Å². The molecule has 0 aromatic heterocycles. The maximum Gasteiger partial charge on any atom is 0.326 e. The van der Waals surface area contributed by atoms with Gasteiger partial charge in [0.05, 0.1) is 0 Å². The summed E-state index contributed by atoms with van der Waals surface area (Å²) in [6.07, 6.45) is 0.234. The van der Waals surface area contributed by atoms with Gasteiger partial charge in [0, 0.05) is 18.6 Å². The molecule has 27 heavy (non-hydrogen) atoms. The average molecular weight is 388 g/mol. The fourth-order valence-electron chi connectivity index (χ4n) is 2.57. The topological polar surface area (TPSA) is 75.6 Å². The number of hydrogen-bond acceptors (Lipinski definition) is 3. The summed E-state index contributed by atoms with van der Waals surface area (Å²) in [4.78, 5) is 24.3. The number of carboxylic acids is 1. The minimum Gasteiger partial charge on any atom is -0.480 e. The van der Waals surface area contributed by atoms with Crippen LogP contribution in [0.1, 0.15) is 37.6 Å². The van der Waals surface area contributed by atoms with Gasteiger partial charge in [0.1, 0.15) is 6.04 Å². The molecule has 0 saturated carbocycles. The van der Waals surface area contributed by atoms with Gasteiger partial charge in [-0.15, -0.1) is 0 Å². The molecule has 2 rings (SSSR count). The molecule has 0 spiro atoms. The van der Waals surface area contributed by atoms with Gasteiger partial charge in [-0.1, -0.05) is 57.2 Å². The standard InChI is InChI=1S/C21H29NO4Si/c1-21(2,3)27(4,5)26-14-13-18(20(24)25)22-19(23)17-12-8-10-15-9-6-7-11-16(15)17/h6-12,18H,13-14H2,1-5H3,(H,22,23)(H,24,25)/t18-/m1/s1. The maximum atomic E-state index is 12.7. The van der Waals surface area contributed by atoms with Crippen molar-refractivity contribution < 1.29 is 19.1 Å². The normalized spacial score (nSPS) is 13.4. The quantitative estimate of drug-likeness (QED) is 0.689. The van der Waals surface area contributed by atoms with Crippen molar-refractivity contribution in [2.45, 2.75) is 51.4 Å². The Kier molecular flexibility index (Phi) is 6.44. The molecule has 5 nitrogen and oxygen atoms in total. The predicted octanol–water partition coefficient (Wildman–Crippen LogP) is 4.43. The van der Waals surface area contributed by atoms with Gasteiger partial charge in [0.25, 0.3) is 5.91 Å². The van der Waals surface area contributed by atoms with Crippen molar-refractivity contribution in [1.82, 2.24) is 5.32 Å². The van der Waals surface area contributed by atoms with Gasteiger partial charge in [-0.05, 0) is 35.0 Å². The van der Waals surface area contributed by atoms with Crippen LogP contribution < -0.4 is 5.32 Å². The molecule has 6 heteroatoms. The second kappa shape index (κ2) is 8.23. The van der Waals surface area contributed by atoms with Gasteiger partial charge in [0.15, 0.2) is 8.32 Å². The van der Waals surface area contributed by atoms with Crippen LogP contribution in [0.4, 0.5) is 0 Å². The second-order valence-electron chi connectivity index (χ2n) is 8.29. The summed E-state index contributed by atoms with van der Waals surface area (Å²) in [6, 6.07) is 12.0. The average Bonchev–Trinajstić information content (AvgIpc) is 2.59. The molecule has 0 bridgehead atoms. The lowest BCUT2D eigenvalue weighted by atomic mass is 10.0. The summed E-state index contributed by atoms with van der Waals surface area (Å²) in [5.41, 5.74) is 0.477. The molecule has 1 amide bonds. The fraction of sp³-hybridized carbons (Fsp3) is 0.429. The number of benzene rings is 2. The lowest BCUT2D eigenvalue weighted by Crippen LogP contribution is -2.44. The Labute approximate surface area is 161 Å². The molecule has 0 aliphatic carbocycles. The van der Waals surface area contributed by atoms with Crippen LogP contribution in [0, 0.1) is 0 Å². The zero-order chi connectivity index (χ0) is 20.2. The Morgan fingerprint density at radius 2 is 1.74 bits per heavy atom. The van der Waals surface area contributed by atoms with Crippen LogP contribution in [0.15, 0.2) is 42.5 Å². The summed E-state index contributed by atoms with van der Waals surface area (Å²) in [7, 11) is -1.95. The first-order chi connectivity index (χ1) is 12.5. The van der Waals surface area contributed by atoms with Crippen LogP contribution in [-0.2, 0) is 9.22 Å². The van der Waals surface area contributed by atoms with Crippen LogP contribution in [0.5, 0.6) is 0 Å². The number of hydrogen-bond donors (Lipinski definition) is 2. The number of carbonyl (C=O) groups excluding carboxylic acids is 1. The van der Waals surface area contributed by atoms with Crippen LogP contribution in [-0.4, -0.2) is 37.9 Å². The summed E-state index contributed by atoms with van der Waals surface area (Å²) in [5, 5.41) is 14.0. The highest BCUT2D eigenvalue weighted by Gasteiger charge is 2.37. The van der Waals surface area contributed by atoms with E-state index in [4.69, 9.17) is 4.43 Å². The first-order valence-corrected chi connectivity index (χ1v) is 12.1. The molecular formula is C21H29NO4Si. The van der Waals surface area contributed by atoms with Crippen LogP contribution in [0.3, 0.4) is 0 Å². The van der Waals surface area contributed by atoms with Crippen LogP contribution >= 0.6 is 0 Å². The molecule has 2 aromatic carbocycles. The molecule has 2 aromatic rings. The molecule has 2 N–H and O–H groups in total. The van der Waals surface area contributed by atoms with E-state index >= 15 is 0 Å². The third kappa shape index (κ3) is 5.17. The number of rotatable bonds is 7. The van der Waals surface area contributed by atoms with E-state index in [-0.39, 0.29) is 17.4 Å². The summed E-state index contributed by atoms with van der Waals surface area (Å²) < 4.78 is 6.06. The van der Waals surface area contributed by atoms with E-state index in [2.05, 4.69) is 39.2 Å². The van der Waals surface area contributed by atoms with Crippen molar-refractivity contribution in [2.75, 3.05) is 6.61 Å². The maximum absolute atomic E-state index is 12.7. The van der Waals surface area contributed by atoms with E-state index < -0.39 is 20.3 Å². The third-order valence-electron chi connectivity index (χ3n) is 5.31. The number of nitrogens with one attached hydrogen (secondary N) is 1. The summed E-state index contributed by atoms with van der Waals surface area (Å²) in [6.45, 7) is 11.0. The summed E-state index contributed by atoms with van der Waals surface area (Å²) in [5.74, 6) is -1.44. The van der Waals surface area contributed by atoms with E-state index in [0.29, 0.717) is 12.2 Å². The molecule has 146 valence electrons. The number of amides is 1. The van der Waals surface area contributed by atoms with Crippen molar-refractivity contribution in [2.24, 2.45) is 0 Å². The summed E-state index contributed by atoms with van der Waals surface area (Å²) >= 11 is 0. The zero-order valence-corrected chi connectivity index (χ0v) is 17.7. The van der Waals surface area contributed by atoms with Gasteiger partial charge in [0.2, 0.25) is 0 Å². The lowest BCUT2D eigenvalue weighted by Gasteiger charge is -2.36. The Morgan fingerprint density at radius 1 is 1.11 bits per heavy atom. The molecule has 1 atom stereocenters. The van der Waals surface area contributed by atoms with Gasteiger partial charge in [-0.25, -0.2) is 4.79 Å². The third-order valence-corrected chi connectivity index (χ3v) is 9.85. The zero-order valence-electron chi connectivity index (χ0n) is 16.7. The molecule has 0 unspecified atom stereocenters. The Morgan fingerprint density at radius 3 is 2.37 bits per heavy atom. The van der Waals surface area contributed by atoms with Crippen molar-refractivity contribution in [3.8, 4) is 0 Å². The van der Waals surface area contributed by atoms with Crippen molar-refractivity contribution >= 4 is 31.0 Å². The van der Waals surface area contributed by atoms with E-state index in [9.17, 15) is 14.7 Å². The SMILES string of the molecule is CC(C)(C)[Si](C)(C)OCC[C@@H](NC(=O)c1cccc2ccccc12)C(=O)O. The molecule has 0 fully saturated rings. The van der Waals surface area contributed by atoms with Gasteiger partial charge < -0.3 is 14.8 Å². The molecule has 0 radical (unpaired) electrons.